The van der Waals surface area contributed by atoms with E-state index in [1.807, 2.05) is 30.3 Å². The first-order valence-corrected chi connectivity index (χ1v) is 7.42. The third-order valence-electron chi connectivity index (χ3n) is 3.56. The molecule has 7 nitrogen and oxygen atoms in total. The maximum absolute atomic E-state index is 11.8. The number of ether oxygens (including phenoxy) is 1. The normalized spacial score (nSPS) is 14.4. The van der Waals surface area contributed by atoms with E-state index >= 15 is 0 Å². The molecule has 7 heteroatoms. The van der Waals surface area contributed by atoms with Gasteiger partial charge in [0.15, 0.2) is 0 Å². The zero-order chi connectivity index (χ0) is 16.9. The van der Waals surface area contributed by atoms with E-state index < -0.39 is 12.0 Å². The van der Waals surface area contributed by atoms with Crippen LogP contribution in [-0.2, 0) is 14.3 Å². The quantitative estimate of drug-likeness (QED) is 0.509. The van der Waals surface area contributed by atoms with Gasteiger partial charge in [0.1, 0.15) is 6.61 Å². The van der Waals surface area contributed by atoms with Crippen molar-refractivity contribution in [1.82, 2.24) is 15.2 Å². The SMILES string of the molecule is O=C(C=Cc1cccc2cccnc12)OCCN1C(=O)CNC1=O. The van der Waals surface area contributed by atoms with Crippen molar-refractivity contribution in [3.05, 3.63) is 48.2 Å². The number of urea groups is 1. The van der Waals surface area contributed by atoms with Crippen molar-refractivity contribution in [2.75, 3.05) is 19.7 Å². The summed E-state index contributed by atoms with van der Waals surface area (Å²) in [4.78, 5) is 39.8. The highest BCUT2D eigenvalue weighted by Gasteiger charge is 2.27. The Morgan fingerprint density at radius 1 is 1.29 bits per heavy atom. The number of pyridine rings is 1. The molecule has 0 atom stereocenters. The van der Waals surface area contributed by atoms with Gasteiger partial charge < -0.3 is 10.1 Å². The minimum absolute atomic E-state index is 0.0131. The van der Waals surface area contributed by atoms with Crippen LogP contribution >= 0.6 is 0 Å². The van der Waals surface area contributed by atoms with E-state index in [1.165, 1.54) is 6.08 Å². The summed E-state index contributed by atoms with van der Waals surface area (Å²) >= 11 is 0. The smallest absolute Gasteiger partial charge is 0.330 e. The monoisotopic (exact) mass is 325 g/mol. The van der Waals surface area contributed by atoms with Crippen molar-refractivity contribution in [1.29, 1.82) is 0 Å². The lowest BCUT2D eigenvalue weighted by Gasteiger charge is -2.11. The van der Waals surface area contributed by atoms with Crippen LogP contribution in [0.25, 0.3) is 17.0 Å². The molecule has 122 valence electrons. The molecule has 0 bridgehead atoms. The van der Waals surface area contributed by atoms with Crippen molar-refractivity contribution in [3.63, 3.8) is 0 Å². The van der Waals surface area contributed by atoms with Gasteiger partial charge in [-0.15, -0.1) is 0 Å². The fourth-order valence-corrected chi connectivity index (χ4v) is 2.39. The van der Waals surface area contributed by atoms with Gasteiger partial charge in [-0.1, -0.05) is 24.3 Å². The molecule has 24 heavy (non-hydrogen) atoms. The number of nitrogens with one attached hydrogen (secondary N) is 1. The number of imide groups is 1. The summed E-state index contributed by atoms with van der Waals surface area (Å²) in [6, 6.07) is 9.00. The molecular weight excluding hydrogens is 310 g/mol. The van der Waals surface area contributed by atoms with Crippen LogP contribution in [0, 0.1) is 0 Å². The highest BCUT2D eigenvalue weighted by Crippen LogP contribution is 2.17. The topological polar surface area (TPSA) is 88.6 Å². The van der Waals surface area contributed by atoms with Crippen LogP contribution in [0.4, 0.5) is 4.79 Å². The summed E-state index contributed by atoms with van der Waals surface area (Å²) in [5.74, 6) is -0.872. The summed E-state index contributed by atoms with van der Waals surface area (Å²) in [6.45, 7) is -0.0169. The van der Waals surface area contributed by atoms with Gasteiger partial charge in [0.25, 0.3) is 0 Å². The fourth-order valence-electron chi connectivity index (χ4n) is 2.39. The second-order valence-corrected chi connectivity index (χ2v) is 5.13. The van der Waals surface area contributed by atoms with E-state index in [2.05, 4.69) is 10.3 Å². The molecule has 1 saturated heterocycles. The molecule has 0 radical (unpaired) electrons. The molecular formula is C17H15N3O4. The van der Waals surface area contributed by atoms with Gasteiger partial charge in [-0.3, -0.25) is 14.7 Å². The Morgan fingerprint density at radius 2 is 2.12 bits per heavy atom. The van der Waals surface area contributed by atoms with E-state index in [4.69, 9.17) is 4.74 Å². The Hall–Kier alpha value is -3.22. The number of rotatable bonds is 5. The third-order valence-corrected chi connectivity index (χ3v) is 3.56. The Morgan fingerprint density at radius 3 is 2.92 bits per heavy atom. The van der Waals surface area contributed by atoms with Crippen LogP contribution < -0.4 is 5.32 Å². The highest BCUT2D eigenvalue weighted by molar-refractivity contribution is 6.02. The standard InChI is InChI=1S/C17H15N3O4/c21-14-11-19-17(23)20(14)9-10-24-15(22)7-6-13-4-1-3-12-5-2-8-18-16(12)13/h1-8H,9-11H2,(H,19,23). The predicted octanol–water partition coefficient (Wildman–Crippen LogP) is 1.34. The van der Waals surface area contributed by atoms with Crippen LogP contribution in [0.2, 0.25) is 0 Å². The second-order valence-electron chi connectivity index (χ2n) is 5.13. The number of para-hydroxylation sites is 1. The summed E-state index contributed by atoms with van der Waals surface area (Å²) in [6.07, 6.45) is 4.62. The first-order chi connectivity index (χ1) is 11.6. The molecule has 3 rings (SSSR count). The minimum atomic E-state index is -0.546. The number of aromatic nitrogens is 1. The lowest BCUT2D eigenvalue weighted by molar-refractivity contribution is -0.139. The van der Waals surface area contributed by atoms with Crippen LogP contribution in [0.1, 0.15) is 5.56 Å². The van der Waals surface area contributed by atoms with E-state index in [-0.39, 0.29) is 25.6 Å². The molecule has 1 aromatic carbocycles. The first-order valence-electron chi connectivity index (χ1n) is 7.42. The Bertz CT molecular complexity index is 810. The van der Waals surface area contributed by atoms with Gasteiger partial charge in [0.2, 0.25) is 5.91 Å². The molecule has 1 aliphatic rings. The minimum Gasteiger partial charge on any atom is -0.461 e. The number of hydrogen-bond donors (Lipinski definition) is 1. The molecule has 3 amide bonds. The predicted molar refractivity (Wildman–Crippen MR) is 86.8 cm³/mol. The van der Waals surface area contributed by atoms with E-state index in [9.17, 15) is 14.4 Å². The number of amides is 3. The van der Waals surface area contributed by atoms with Crippen molar-refractivity contribution >= 4 is 34.9 Å². The summed E-state index contributed by atoms with van der Waals surface area (Å²) < 4.78 is 5.01. The van der Waals surface area contributed by atoms with Gasteiger partial charge >= 0.3 is 12.0 Å². The Labute approximate surface area is 137 Å². The average molecular weight is 325 g/mol. The zero-order valence-electron chi connectivity index (χ0n) is 12.8. The van der Waals surface area contributed by atoms with Crippen molar-refractivity contribution < 1.29 is 19.1 Å². The number of carbonyl (C=O) groups excluding carboxylic acids is 3. The largest absolute Gasteiger partial charge is 0.461 e. The molecule has 2 aromatic rings. The van der Waals surface area contributed by atoms with E-state index in [1.54, 1.807) is 12.3 Å². The zero-order valence-corrected chi connectivity index (χ0v) is 12.8. The number of nitrogens with zero attached hydrogens (tertiary/aromatic N) is 2. The van der Waals surface area contributed by atoms with Crippen LogP contribution in [-0.4, -0.2) is 47.5 Å². The van der Waals surface area contributed by atoms with Gasteiger partial charge in [0.05, 0.1) is 18.6 Å². The van der Waals surface area contributed by atoms with Gasteiger partial charge in [-0.05, 0) is 12.1 Å². The molecule has 2 heterocycles. The number of carbonyl (C=O) groups is 3. The van der Waals surface area contributed by atoms with Gasteiger partial charge in [-0.25, -0.2) is 9.59 Å². The van der Waals surface area contributed by atoms with E-state index in [0.717, 1.165) is 21.4 Å². The van der Waals surface area contributed by atoms with E-state index in [0.29, 0.717) is 0 Å². The maximum Gasteiger partial charge on any atom is 0.330 e. The first kappa shape index (κ1) is 15.7. The summed E-state index contributed by atoms with van der Waals surface area (Å²) in [5.41, 5.74) is 1.60. The molecule has 0 saturated carbocycles. The van der Waals surface area contributed by atoms with Gasteiger partial charge in [-0.2, -0.15) is 0 Å². The number of benzene rings is 1. The lowest BCUT2D eigenvalue weighted by atomic mass is 10.1. The van der Waals surface area contributed by atoms with Crippen LogP contribution in [0.5, 0.6) is 0 Å². The second kappa shape index (κ2) is 6.91. The fraction of sp³-hybridized carbons (Fsp3) is 0.176. The molecule has 1 fully saturated rings. The molecule has 1 N–H and O–H groups in total. The number of hydrogen-bond acceptors (Lipinski definition) is 5. The average Bonchev–Trinajstić information content (AvgIpc) is 2.92. The van der Waals surface area contributed by atoms with Crippen LogP contribution in [0.3, 0.4) is 0 Å². The molecule has 0 spiro atoms. The van der Waals surface area contributed by atoms with Gasteiger partial charge in [0, 0.05) is 23.2 Å². The van der Waals surface area contributed by atoms with Crippen molar-refractivity contribution in [2.24, 2.45) is 0 Å². The summed E-state index contributed by atoms with van der Waals surface area (Å²) in [7, 11) is 0. The van der Waals surface area contributed by atoms with Crippen LogP contribution in [0.15, 0.2) is 42.6 Å². The number of fused-ring (bicyclic) bond motifs is 1. The number of esters is 1. The molecule has 1 aliphatic heterocycles. The Balaban J connectivity index is 1.57. The van der Waals surface area contributed by atoms with Crippen molar-refractivity contribution in [3.8, 4) is 0 Å². The third kappa shape index (κ3) is 3.40. The van der Waals surface area contributed by atoms with Crippen molar-refractivity contribution in [2.45, 2.75) is 0 Å². The maximum atomic E-state index is 11.8. The lowest BCUT2D eigenvalue weighted by Crippen LogP contribution is -2.34. The molecule has 1 aromatic heterocycles. The summed E-state index contributed by atoms with van der Waals surface area (Å²) in [5, 5.41) is 3.38. The molecule has 0 aliphatic carbocycles. The molecule has 0 unspecified atom stereocenters. The Kier molecular flexibility index (Phi) is 4.51. The highest BCUT2D eigenvalue weighted by atomic mass is 16.5.